The van der Waals surface area contributed by atoms with Crippen LogP contribution in [-0.2, 0) is 21.4 Å². The second-order valence-corrected chi connectivity index (χ2v) is 10.3. The van der Waals surface area contributed by atoms with Gasteiger partial charge < -0.3 is 0 Å². The van der Waals surface area contributed by atoms with Gasteiger partial charge in [0.25, 0.3) is 5.91 Å². The summed E-state index contributed by atoms with van der Waals surface area (Å²) in [5.41, 5.74) is 3.77. The van der Waals surface area contributed by atoms with Crippen LogP contribution in [0.4, 0.5) is 0 Å². The molecule has 0 radical (unpaired) electrons. The van der Waals surface area contributed by atoms with Crippen molar-refractivity contribution < 1.29 is 13.2 Å². The second-order valence-electron chi connectivity index (χ2n) is 6.67. The van der Waals surface area contributed by atoms with E-state index in [0.717, 1.165) is 14.3 Å². The third-order valence-corrected chi connectivity index (χ3v) is 7.33. The third kappa shape index (κ3) is 6.63. The summed E-state index contributed by atoms with van der Waals surface area (Å²) in [5.74, 6) is -0.590. The van der Waals surface area contributed by atoms with Crippen LogP contribution in [0.3, 0.4) is 0 Å². The fourth-order valence-corrected chi connectivity index (χ4v) is 4.88. The number of carbonyl (C=O) groups is 1. The van der Waals surface area contributed by atoms with E-state index < -0.39 is 22.5 Å². The molecule has 166 valence electrons. The van der Waals surface area contributed by atoms with Gasteiger partial charge >= 0.3 is 0 Å². The highest BCUT2D eigenvalue weighted by molar-refractivity contribution is 9.10. The largest absolute Gasteiger partial charge is 0.272 e. The van der Waals surface area contributed by atoms with Crippen molar-refractivity contribution in [3.63, 3.8) is 0 Å². The summed E-state index contributed by atoms with van der Waals surface area (Å²) in [6.07, 6.45) is 1.47. The maximum atomic E-state index is 13.2. The van der Waals surface area contributed by atoms with Gasteiger partial charge in [0.1, 0.15) is 0 Å². The maximum Gasteiger partial charge on any atom is 0.255 e. The van der Waals surface area contributed by atoms with Crippen LogP contribution in [0.2, 0.25) is 10.0 Å². The standard InChI is InChI=1S/C22H18BrCl2N3O3S/c23-21-7-2-1-5-17(21)13-26-27-22(29)15-28(14-16-4-3-6-19(25)12-16)32(30,31)20-10-8-18(24)9-11-20/h1-13H,14-15H2,(H,27,29)/b26-13-. The Morgan fingerprint density at radius 2 is 1.72 bits per heavy atom. The van der Waals surface area contributed by atoms with E-state index >= 15 is 0 Å². The van der Waals surface area contributed by atoms with Crippen LogP contribution in [0.15, 0.2) is 87.3 Å². The summed E-state index contributed by atoms with van der Waals surface area (Å²) >= 11 is 15.3. The highest BCUT2D eigenvalue weighted by Crippen LogP contribution is 2.21. The van der Waals surface area contributed by atoms with E-state index in [1.807, 2.05) is 24.3 Å². The molecule has 0 atom stereocenters. The Balaban J connectivity index is 1.81. The summed E-state index contributed by atoms with van der Waals surface area (Å²) in [5, 5.41) is 4.80. The van der Waals surface area contributed by atoms with Crippen LogP contribution in [0.5, 0.6) is 0 Å². The number of halogens is 3. The maximum absolute atomic E-state index is 13.2. The highest BCUT2D eigenvalue weighted by Gasteiger charge is 2.27. The summed E-state index contributed by atoms with van der Waals surface area (Å²) in [6.45, 7) is -0.488. The van der Waals surface area contributed by atoms with Gasteiger partial charge in [0.2, 0.25) is 10.0 Å². The molecule has 0 aliphatic heterocycles. The quantitative estimate of drug-likeness (QED) is 0.311. The molecule has 0 fully saturated rings. The van der Waals surface area contributed by atoms with Gasteiger partial charge in [-0.05, 0) is 48.0 Å². The zero-order chi connectivity index (χ0) is 23.1. The smallest absolute Gasteiger partial charge is 0.255 e. The van der Waals surface area contributed by atoms with Crippen LogP contribution in [0.25, 0.3) is 0 Å². The number of sulfonamides is 1. The van der Waals surface area contributed by atoms with E-state index in [1.54, 1.807) is 24.3 Å². The molecular formula is C22H18BrCl2N3O3S. The number of hydrogen-bond acceptors (Lipinski definition) is 4. The van der Waals surface area contributed by atoms with Gasteiger partial charge in [-0.15, -0.1) is 0 Å². The van der Waals surface area contributed by atoms with E-state index in [2.05, 4.69) is 26.5 Å². The lowest BCUT2D eigenvalue weighted by atomic mass is 10.2. The molecule has 0 spiro atoms. The Hall–Kier alpha value is -2.23. The van der Waals surface area contributed by atoms with Crippen molar-refractivity contribution in [2.75, 3.05) is 6.54 Å². The lowest BCUT2D eigenvalue weighted by Crippen LogP contribution is -2.39. The molecule has 0 saturated carbocycles. The van der Waals surface area contributed by atoms with E-state index in [1.165, 1.54) is 30.5 Å². The molecule has 1 amide bonds. The molecule has 0 bridgehead atoms. The number of hydrazone groups is 1. The van der Waals surface area contributed by atoms with Gasteiger partial charge in [0.15, 0.2) is 0 Å². The molecule has 3 rings (SSSR count). The number of amides is 1. The monoisotopic (exact) mass is 553 g/mol. The Kier molecular flexibility index (Phi) is 8.44. The molecule has 0 aliphatic carbocycles. The van der Waals surface area contributed by atoms with Crippen LogP contribution in [0.1, 0.15) is 11.1 Å². The van der Waals surface area contributed by atoms with Crippen molar-refractivity contribution in [2.24, 2.45) is 5.10 Å². The van der Waals surface area contributed by atoms with Gasteiger partial charge in [0, 0.05) is 26.6 Å². The molecule has 6 nitrogen and oxygen atoms in total. The number of nitrogens with zero attached hydrogens (tertiary/aromatic N) is 2. The Morgan fingerprint density at radius 1 is 1.00 bits per heavy atom. The van der Waals surface area contributed by atoms with Crippen LogP contribution in [0, 0.1) is 0 Å². The second kappa shape index (κ2) is 11.1. The molecule has 0 aliphatic rings. The van der Waals surface area contributed by atoms with Gasteiger partial charge in [-0.3, -0.25) is 4.79 Å². The zero-order valence-corrected chi connectivity index (χ0v) is 20.5. The van der Waals surface area contributed by atoms with Gasteiger partial charge in [-0.25, -0.2) is 13.8 Å². The van der Waals surface area contributed by atoms with Crippen molar-refractivity contribution in [2.45, 2.75) is 11.4 Å². The van der Waals surface area contributed by atoms with Gasteiger partial charge in [0.05, 0.1) is 17.7 Å². The van der Waals surface area contributed by atoms with E-state index in [0.29, 0.717) is 15.6 Å². The Labute approximate surface area is 205 Å². The van der Waals surface area contributed by atoms with Crippen molar-refractivity contribution in [1.82, 2.24) is 9.73 Å². The average molecular weight is 555 g/mol. The van der Waals surface area contributed by atoms with Crippen molar-refractivity contribution in [3.8, 4) is 0 Å². The van der Waals surface area contributed by atoms with Gasteiger partial charge in [-0.2, -0.15) is 9.41 Å². The predicted molar refractivity (Wildman–Crippen MR) is 130 cm³/mol. The lowest BCUT2D eigenvalue weighted by Gasteiger charge is -2.21. The molecule has 1 N–H and O–H groups in total. The molecule has 3 aromatic carbocycles. The molecule has 0 aromatic heterocycles. The van der Waals surface area contributed by atoms with E-state index in [-0.39, 0.29) is 11.4 Å². The number of carbonyl (C=O) groups excluding carboxylic acids is 1. The first-order valence-corrected chi connectivity index (χ1v) is 12.3. The molecule has 10 heteroatoms. The van der Waals surface area contributed by atoms with Crippen LogP contribution >= 0.6 is 39.1 Å². The van der Waals surface area contributed by atoms with Crippen molar-refractivity contribution >= 4 is 61.3 Å². The molecule has 32 heavy (non-hydrogen) atoms. The summed E-state index contributed by atoms with van der Waals surface area (Å²) < 4.78 is 28.3. The van der Waals surface area contributed by atoms with Crippen molar-refractivity contribution in [3.05, 3.63) is 98.4 Å². The average Bonchev–Trinajstić information content (AvgIpc) is 2.75. The fraction of sp³-hybridized carbons (Fsp3) is 0.0909. The van der Waals surface area contributed by atoms with E-state index in [9.17, 15) is 13.2 Å². The minimum Gasteiger partial charge on any atom is -0.272 e. The highest BCUT2D eigenvalue weighted by atomic mass is 79.9. The molecule has 0 heterocycles. The normalized spacial score (nSPS) is 11.8. The SMILES string of the molecule is O=C(CN(Cc1cccc(Cl)c1)S(=O)(=O)c1ccc(Cl)cc1)N/N=C\c1ccccc1Br. The summed E-state index contributed by atoms with van der Waals surface area (Å²) in [4.78, 5) is 12.5. The molecule has 0 unspecified atom stereocenters. The van der Waals surface area contributed by atoms with Crippen LogP contribution in [-0.4, -0.2) is 31.4 Å². The summed E-state index contributed by atoms with van der Waals surface area (Å²) in [6, 6.07) is 19.9. The summed E-state index contributed by atoms with van der Waals surface area (Å²) in [7, 11) is -4.00. The first-order chi connectivity index (χ1) is 15.3. The Bertz CT molecular complexity index is 1240. The van der Waals surface area contributed by atoms with Crippen LogP contribution < -0.4 is 5.43 Å². The van der Waals surface area contributed by atoms with Gasteiger partial charge in [-0.1, -0.05) is 69.5 Å². The Morgan fingerprint density at radius 3 is 2.41 bits per heavy atom. The molecule has 0 saturated heterocycles. The third-order valence-electron chi connectivity index (χ3n) is 4.32. The number of hydrogen-bond donors (Lipinski definition) is 1. The lowest BCUT2D eigenvalue weighted by molar-refractivity contribution is -0.121. The zero-order valence-electron chi connectivity index (χ0n) is 16.6. The molecular weight excluding hydrogens is 537 g/mol. The molecule has 3 aromatic rings. The number of rotatable bonds is 8. The van der Waals surface area contributed by atoms with Crippen molar-refractivity contribution in [1.29, 1.82) is 0 Å². The fourth-order valence-electron chi connectivity index (χ4n) is 2.77. The minimum absolute atomic E-state index is 0.0217. The first-order valence-electron chi connectivity index (χ1n) is 9.32. The number of benzene rings is 3. The first kappa shape index (κ1) is 24.4. The predicted octanol–water partition coefficient (Wildman–Crippen LogP) is 5.10. The topological polar surface area (TPSA) is 78.8 Å². The number of nitrogens with one attached hydrogen (secondary N) is 1. The van der Waals surface area contributed by atoms with E-state index in [4.69, 9.17) is 23.2 Å². The minimum atomic E-state index is -4.00.